The Morgan fingerprint density at radius 3 is 2.64 bits per heavy atom. The molecule has 0 radical (unpaired) electrons. The van der Waals surface area contributed by atoms with Gasteiger partial charge in [-0.2, -0.15) is 0 Å². The molecule has 0 saturated carbocycles. The highest BCUT2D eigenvalue weighted by atomic mass is 31.1. The summed E-state index contributed by atoms with van der Waals surface area (Å²) in [6.07, 6.45) is 4.16. The molecule has 1 heterocycles. The molecule has 1 fully saturated rings. The number of hydrogen-bond donors (Lipinski definition) is 2. The molecule has 1 aliphatic rings. The molecule has 1 aliphatic heterocycles. The molecule has 0 aromatic heterocycles. The van der Waals surface area contributed by atoms with Crippen LogP contribution in [-0.4, -0.2) is 51.3 Å². The largest absolute Gasteiger partial charge is 0.372 e. The summed E-state index contributed by atoms with van der Waals surface area (Å²) in [4.78, 5) is 0. The van der Waals surface area contributed by atoms with Gasteiger partial charge in [-0.3, -0.25) is 0 Å². The first-order valence-electron chi connectivity index (χ1n) is 5.35. The third kappa shape index (κ3) is 3.47. The maximum atomic E-state index is 5.98. The summed E-state index contributed by atoms with van der Waals surface area (Å²) in [6, 6.07) is 0.530. The van der Waals surface area contributed by atoms with Crippen LogP contribution in [0, 0.1) is 0 Å². The Balaban J connectivity index is 2.47. The molecule has 4 heteroatoms. The van der Waals surface area contributed by atoms with Gasteiger partial charge in [-0.05, 0) is 39.4 Å². The number of hydrogen-bond acceptors (Lipinski definition) is 3. The van der Waals surface area contributed by atoms with Gasteiger partial charge in [-0.1, -0.05) is 0 Å². The molecule has 0 aromatic rings. The van der Waals surface area contributed by atoms with E-state index >= 15 is 0 Å². The van der Waals surface area contributed by atoms with Crippen LogP contribution >= 0.6 is 7.92 Å². The molecule has 0 bridgehead atoms. The van der Waals surface area contributed by atoms with Crippen molar-refractivity contribution < 1.29 is 4.74 Å². The van der Waals surface area contributed by atoms with E-state index in [9.17, 15) is 0 Å². The third-order valence-electron chi connectivity index (χ3n) is 2.79. The first kappa shape index (κ1) is 12.4. The predicted octanol–water partition coefficient (Wildman–Crippen LogP) is 0.822. The van der Waals surface area contributed by atoms with Gasteiger partial charge in [-0.15, -0.1) is 7.92 Å². The quantitative estimate of drug-likeness (QED) is 0.687. The molecular weight excluding hydrogens is 195 g/mol. The van der Waals surface area contributed by atoms with Crippen LogP contribution in [-0.2, 0) is 4.74 Å². The van der Waals surface area contributed by atoms with E-state index in [2.05, 4.69) is 18.6 Å². The lowest BCUT2D eigenvalue weighted by atomic mass is 9.99. The van der Waals surface area contributed by atoms with Crippen LogP contribution in [0.25, 0.3) is 0 Å². The molecule has 3 nitrogen and oxygen atoms in total. The lowest BCUT2D eigenvalue weighted by molar-refractivity contribution is -0.0501. The Kier molecular flexibility index (Phi) is 5.32. The first-order valence-corrected chi connectivity index (χ1v) is 7.77. The molecule has 3 N–H and O–H groups in total. The Bertz CT molecular complexity index is 166. The van der Waals surface area contributed by atoms with E-state index in [0.29, 0.717) is 24.8 Å². The summed E-state index contributed by atoms with van der Waals surface area (Å²) in [7, 11) is 2.14. The zero-order chi connectivity index (χ0) is 10.6. The molecule has 0 amide bonds. The average Bonchev–Trinajstić information content (AvgIpc) is 2.16. The molecule has 3 atom stereocenters. The maximum Gasteiger partial charge on any atom is 0.0771 e. The summed E-state index contributed by atoms with van der Waals surface area (Å²) in [5.74, 6) is 0. The van der Waals surface area contributed by atoms with Gasteiger partial charge in [0.15, 0.2) is 0 Å². The minimum atomic E-state index is 0.114. The normalized spacial score (nSPS) is 33.6. The van der Waals surface area contributed by atoms with Crippen LogP contribution in [0.1, 0.15) is 12.8 Å². The van der Waals surface area contributed by atoms with Crippen LogP contribution in [0.2, 0.25) is 0 Å². The summed E-state index contributed by atoms with van der Waals surface area (Å²) in [5, 5.41) is 3.35. The fourth-order valence-corrected chi connectivity index (χ4v) is 3.06. The molecule has 1 rings (SSSR count). The number of rotatable bonds is 4. The monoisotopic (exact) mass is 218 g/mol. The molecule has 84 valence electrons. The van der Waals surface area contributed by atoms with E-state index in [-0.39, 0.29) is 7.92 Å². The van der Waals surface area contributed by atoms with Crippen molar-refractivity contribution >= 4 is 7.92 Å². The van der Waals surface area contributed by atoms with E-state index in [1.165, 1.54) is 12.6 Å². The minimum Gasteiger partial charge on any atom is -0.372 e. The summed E-state index contributed by atoms with van der Waals surface area (Å²) in [6.45, 7) is 5.27. The second-order valence-corrected chi connectivity index (χ2v) is 6.79. The van der Waals surface area contributed by atoms with Gasteiger partial charge in [0.05, 0.1) is 12.2 Å². The van der Waals surface area contributed by atoms with E-state index in [4.69, 9.17) is 10.5 Å². The lowest BCUT2D eigenvalue weighted by Crippen LogP contribution is -2.49. The van der Waals surface area contributed by atoms with Crippen molar-refractivity contribution in [3.63, 3.8) is 0 Å². The van der Waals surface area contributed by atoms with Crippen LogP contribution in [0.15, 0.2) is 0 Å². The Labute approximate surface area is 88.5 Å². The first-order chi connectivity index (χ1) is 6.67. The van der Waals surface area contributed by atoms with E-state index in [1.54, 1.807) is 0 Å². The Morgan fingerprint density at radius 2 is 2.14 bits per heavy atom. The molecule has 0 aromatic carbocycles. The lowest BCUT2D eigenvalue weighted by Gasteiger charge is -2.37. The van der Waals surface area contributed by atoms with Gasteiger partial charge in [0.25, 0.3) is 0 Å². The average molecular weight is 218 g/mol. The third-order valence-corrected chi connectivity index (χ3v) is 3.88. The standard InChI is InChI=1S/C10H23N2OP/c1-12-9-5-4-8(6-11)13-10(9)7-14(2)3/h8-10,12H,4-7,11H2,1-3H3. The van der Waals surface area contributed by atoms with Crippen molar-refractivity contribution in [2.24, 2.45) is 5.73 Å². The molecule has 1 saturated heterocycles. The van der Waals surface area contributed by atoms with Crippen molar-refractivity contribution in [3.8, 4) is 0 Å². The predicted molar refractivity (Wildman–Crippen MR) is 63.4 cm³/mol. The number of likely N-dealkylation sites (N-methyl/N-ethyl adjacent to an activating group) is 1. The minimum absolute atomic E-state index is 0.114. The van der Waals surface area contributed by atoms with Gasteiger partial charge >= 0.3 is 0 Å². The molecule has 14 heavy (non-hydrogen) atoms. The van der Waals surface area contributed by atoms with Crippen molar-refractivity contribution in [1.82, 2.24) is 5.32 Å². The van der Waals surface area contributed by atoms with Gasteiger partial charge in [-0.25, -0.2) is 0 Å². The second-order valence-electron chi connectivity index (χ2n) is 4.27. The molecule has 3 unspecified atom stereocenters. The van der Waals surface area contributed by atoms with E-state index in [1.807, 2.05) is 7.05 Å². The maximum absolute atomic E-state index is 5.98. The van der Waals surface area contributed by atoms with Crippen molar-refractivity contribution in [2.45, 2.75) is 31.1 Å². The van der Waals surface area contributed by atoms with Gasteiger partial charge in [0, 0.05) is 12.6 Å². The van der Waals surface area contributed by atoms with Crippen LogP contribution < -0.4 is 11.1 Å². The number of ether oxygens (including phenoxy) is 1. The summed E-state index contributed by atoms with van der Waals surface area (Å²) >= 11 is 0. The zero-order valence-electron chi connectivity index (χ0n) is 9.49. The SMILES string of the molecule is CNC1CCC(CN)OC1CP(C)C. The van der Waals surface area contributed by atoms with Crippen LogP contribution in [0.5, 0.6) is 0 Å². The number of nitrogens with one attached hydrogen (secondary N) is 1. The van der Waals surface area contributed by atoms with Gasteiger partial charge in [0.2, 0.25) is 0 Å². The zero-order valence-corrected chi connectivity index (χ0v) is 10.4. The van der Waals surface area contributed by atoms with Crippen molar-refractivity contribution in [3.05, 3.63) is 0 Å². The van der Waals surface area contributed by atoms with E-state index in [0.717, 1.165) is 6.42 Å². The van der Waals surface area contributed by atoms with Gasteiger partial charge < -0.3 is 15.8 Å². The fraction of sp³-hybridized carbons (Fsp3) is 1.00. The number of nitrogens with two attached hydrogens (primary N) is 1. The topological polar surface area (TPSA) is 47.3 Å². The van der Waals surface area contributed by atoms with Crippen LogP contribution in [0.3, 0.4) is 0 Å². The summed E-state index contributed by atoms with van der Waals surface area (Å²) in [5.41, 5.74) is 5.64. The van der Waals surface area contributed by atoms with Crippen molar-refractivity contribution in [2.75, 3.05) is 33.1 Å². The Hall–Kier alpha value is 0.310. The smallest absolute Gasteiger partial charge is 0.0771 e. The van der Waals surface area contributed by atoms with Crippen LogP contribution in [0.4, 0.5) is 0 Å². The Morgan fingerprint density at radius 1 is 1.43 bits per heavy atom. The van der Waals surface area contributed by atoms with E-state index < -0.39 is 0 Å². The fourth-order valence-electron chi connectivity index (χ4n) is 2.00. The summed E-state index contributed by atoms with van der Waals surface area (Å²) < 4.78 is 5.98. The van der Waals surface area contributed by atoms with Crippen molar-refractivity contribution in [1.29, 1.82) is 0 Å². The van der Waals surface area contributed by atoms with Gasteiger partial charge in [0.1, 0.15) is 0 Å². The second kappa shape index (κ2) is 6.02. The molecular formula is C10H23N2OP. The molecule has 0 spiro atoms. The highest BCUT2D eigenvalue weighted by molar-refractivity contribution is 7.56. The highest BCUT2D eigenvalue weighted by Crippen LogP contribution is 2.31. The highest BCUT2D eigenvalue weighted by Gasteiger charge is 2.29. The molecule has 0 aliphatic carbocycles.